The van der Waals surface area contributed by atoms with E-state index in [1.165, 1.54) is 19.3 Å². The lowest BCUT2D eigenvalue weighted by molar-refractivity contribution is -0.142. The Labute approximate surface area is 172 Å². The Morgan fingerprint density at radius 2 is 2.07 bits per heavy atom. The van der Waals surface area contributed by atoms with E-state index < -0.39 is 0 Å². The summed E-state index contributed by atoms with van der Waals surface area (Å²) >= 11 is 0. The van der Waals surface area contributed by atoms with E-state index in [1.807, 2.05) is 24.0 Å². The number of aromatic nitrogens is 1. The number of nitrogens with zero attached hydrogens (tertiary/aromatic N) is 3. The van der Waals surface area contributed by atoms with Gasteiger partial charge >= 0.3 is 0 Å². The Morgan fingerprint density at radius 1 is 1.28 bits per heavy atom. The molecule has 1 unspecified atom stereocenters. The fourth-order valence-corrected chi connectivity index (χ4v) is 5.54. The van der Waals surface area contributed by atoms with Gasteiger partial charge in [-0.1, -0.05) is 12.5 Å². The fraction of sp³-hybridized carbons (Fsp3) is 0.696. The van der Waals surface area contributed by atoms with Gasteiger partial charge in [-0.25, -0.2) is 0 Å². The molecular formula is C23H31N3O3. The molecule has 4 fully saturated rings. The molecule has 2 amide bonds. The van der Waals surface area contributed by atoms with Crippen LogP contribution in [0, 0.1) is 18.3 Å². The van der Waals surface area contributed by atoms with E-state index in [0.717, 1.165) is 43.6 Å². The van der Waals surface area contributed by atoms with Crippen molar-refractivity contribution in [3.05, 3.63) is 29.6 Å². The quantitative estimate of drug-likeness (QED) is 0.787. The summed E-state index contributed by atoms with van der Waals surface area (Å²) in [4.78, 5) is 34.1. The molecule has 3 heterocycles. The van der Waals surface area contributed by atoms with Crippen molar-refractivity contribution in [3.8, 4) is 0 Å². The van der Waals surface area contributed by atoms with Crippen molar-refractivity contribution in [1.29, 1.82) is 0 Å². The number of piperidine rings is 1. The van der Waals surface area contributed by atoms with Crippen LogP contribution in [0.15, 0.2) is 18.3 Å². The van der Waals surface area contributed by atoms with Crippen molar-refractivity contribution in [2.75, 3.05) is 26.2 Å². The largest absolute Gasteiger partial charge is 0.372 e. The van der Waals surface area contributed by atoms with Crippen molar-refractivity contribution in [3.63, 3.8) is 0 Å². The molecule has 2 saturated carbocycles. The third-order valence-corrected chi connectivity index (χ3v) is 7.84. The van der Waals surface area contributed by atoms with E-state index >= 15 is 0 Å². The van der Waals surface area contributed by atoms with Gasteiger partial charge in [-0.15, -0.1) is 0 Å². The van der Waals surface area contributed by atoms with Crippen molar-refractivity contribution in [2.24, 2.45) is 11.3 Å². The molecule has 2 aliphatic carbocycles. The maximum Gasteiger partial charge on any atom is 0.226 e. The van der Waals surface area contributed by atoms with Crippen LogP contribution in [0.1, 0.15) is 56.2 Å². The molecule has 0 bridgehead atoms. The van der Waals surface area contributed by atoms with Gasteiger partial charge in [0.1, 0.15) is 0 Å². The summed E-state index contributed by atoms with van der Waals surface area (Å²) in [6.45, 7) is 5.12. The predicted molar refractivity (Wildman–Crippen MR) is 108 cm³/mol. The van der Waals surface area contributed by atoms with E-state index in [4.69, 9.17) is 4.74 Å². The second kappa shape index (κ2) is 7.08. The number of hydrogen-bond acceptors (Lipinski definition) is 4. The Bertz CT molecular complexity index is 811. The SMILES string of the molecule is Cc1cccnc1CN1CC2(CCN(C(=O)C3CC34CCC4)CC2)OCCC1=O. The summed E-state index contributed by atoms with van der Waals surface area (Å²) in [5.41, 5.74) is 2.11. The van der Waals surface area contributed by atoms with E-state index in [1.54, 1.807) is 6.20 Å². The smallest absolute Gasteiger partial charge is 0.226 e. The van der Waals surface area contributed by atoms with Crippen LogP contribution in [0.3, 0.4) is 0 Å². The summed E-state index contributed by atoms with van der Waals surface area (Å²) in [6.07, 6.45) is 8.71. The first-order valence-corrected chi connectivity index (χ1v) is 11.1. The molecule has 0 radical (unpaired) electrons. The van der Waals surface area contributed by atoms with Crippen molar-refractivity contribution >= 4 is 11.8 Å². The number of rotatable bonds is 3. The monoisotopic (exact) mass is 397 g/mol. The highest BCUT2D eigenvalue weighted by atomic mass is 16.5. The summed E-state index contributed by atoms with van der Waals surface area (Å²) in [7, 11) is 0. The van der Waals surface area contributed by atoms with Gasteiger partial charge in [-0.2, -0.15) is 0 Å². The molecule has 1 aromatic rings. The van der Waals surface area contributed by atoms with Gasteiger partial charge in [0.25, 0.3) is 0 Å². The molecule has 1 atom stereocenters. The first-order chi connectivity index (χ1) is 14.0. The normalized spacial score (nSPS) is 27.6. The van der Waals surface area contributed by atoms with Gasteiger partial charge < -0.3 is 14.5 Å². The van der Waals surface area contributed by atoms with Crippen LogP contribution in [0.25, 0.3) is 0 Å². The highest BCUT2D eigenvalue weighted by Gasteiger charge is 2.62. The average Bonchev–Trinajstić information content (AvgIpc) is 3.47. The second-order valence-electron chi connectivity index (χ2n) is 9.60. The van der Waals surface area contributed by atoms with Gasteiger partial charge in [0.05, 0.1) is 37.4 Å². The van der Waals surface area contributed by atoms with Gasteiger partial charge in [-0.3, -0.25) is 14.6 Å². The maximum atomic E-state index is 12.9. The summed E-state index contributed by atoms with van der Waals surface area (Å²) in [5.74, 6) is 0.783. The van der Waals surface area contributed by atoms with E-state index in [9.17, 15) is 9.59 Å². The van der Waals surface area contributed by atoms with Gasteiger partial charge in [0, 0.05) is 25.2 Å². The highest BCUT2D eigenvalue weighted by molar-refractivity contribution is 5.83. The van der Waals surface area contributed by atoms with Gasteiger partial charge in [0.2, 0.25) is 11.8 Å². The summed E-state index contributed by atoms with van der Waals surface area (Å²) in [5, 5.41) is 0. The maximum absolute atomic E-state index is 12.9. The number of pyridine rings is 1. The Hall–Kier alpha value is -1.95. The molecule has 29 heavy (non-hydrogen) atoms. The lowest BCUT2D eigenvalue weighted by atomic mass is 9.79. The zero-order valence-electron chi connectivity index (χ0n) is 17.4. The van der Waals surface area contributed by atoms with E-state index in [2.05, 4.69) is 9.88 Å². The zero-order chi connectivity index (χ0) is 20.1. The zero-order valence-corrected chi connectivity index (χ0v) is 17.4. The molecule has 4 aliphatic rings. The minimum Gasteiger partial charge on any atom is -0.372 e. The molecular weight excluding hydrogens is 366 g/mol. The lowest BCUT2D eigenvalue weighted by Gasteiger charge is -2.43. The number of carbonyl (C=O) groups excluding carboxylic acids is 2. The lowest BCUT2D eigenvalue weighted by Crippen LogP contribution is -2.53. The van der Waals surface area contributed by atoms with Crippen molar-refractivity contribution < 1.29 is 14.3 Å². The molecule has 2 spiro atoms. The number of ether oxygens (including phenoxy) is 1. The number of amides is 2. The Morgan fingerprint density at radius 3 is 2.72 bits per heavy atom. The molecule has 156 valence electrons. The molecule has 0 N–H and O–H groups in total. The molecule has 5 rings (SSSR count). The van der Waals surface area contributed by atoms with Crippen LogP contribution in [0.5, 0.6) is 0 Å². The van der Waals surface area contributed by atoms with Crippen LogP contribution < -0.4 is 0 Å². The second-order valence-corrected chi connectivity index (χ2v) is 9.60. The molecule has 1 aromatic heterocycles. The van der Waals surface area contributed by atoms with E-state index in [0.29, 0.717) is 37.4 Å². The average molecular weight is 398 g/mol. The topological polar surface area (TPSA) is 62.7 Å². The van der Waals surface area contributed by atoms with E-state index in [-0.39, 0.29) is 17.4 Å². The summed E-state index contributed by atoms with van der Waals surface area (Å²) < 4.78 is 6.26. The van der Waals surface area contributed by atoms with Crippen LogP contribution in [0.4, 0.5) is 0 Å². The van der Waals surface area contributed by atoms with Crippen molar-refractivity contribution in [1.82, 2.24) is 14.8 Å². The molecule has 6 nitrogen and oxygen atoms in total. The molecule has 6 heteroatoms. The minimum atomic E-state index is -0.330. The Kier molecular flexibility index (Phi) is 4.65. The Balaban J connectivity index is 1.24. The van der Waals surface area contributed by atoms with Crippen LogP contribution in [-0.4, -0.2) is 58.4 Å². The van der Waals surface area contributed by atoms with Crippen LogP contribution in [-0.2, 0) is 20.9 Å². The number of aryl methyl sites for hydroxylation is 1. The highest BCUT2D eigenvalue weighted by Crippen LogP contribution is 2.66. The standard InChI is InChI=1S/C23H31N3O3/c1-17-4-2-10-24-19(17)15-26-16-23(29-13-5-20(26)27)8-11-25(12-9-23)21(28)18-14-22(18)6-3-7-22/h2,4,10,18H,3,5-9,11-16H2,1H3. The third kappa shape index (κ3) is 3.45. The molecule has 0 aromatic carbocycles. The first kappa shape index (κ1) is 19.0. The van der Waals surface area contributed by atoms with Crippen LogP contribution in [0.2, 0.25) is 0 Å². The predicted octanol–water partition coefficient (Wildman–Crippen LogP) is 2.69. The summed E-state index contributed by atoms with van der Waals surface area (Å²) in [6, 6.07) is 3.96. The minimum absolute atomic E-state index is 0.135. The van der Waals surface area contributed by atoms with Gasteiger partial charge in [-0.05, 0) is 56.1 Å². The van der Waals surface area contributed by atoms with Crippen LogP contribution >= 0.6 is 0 Å². The molecule has 2 saturated heterocycles. The number of likely N-dealkylation sites (tertiary alicyclic amines) is 1. The fourth-order valence-electron chi connectivity index (χ4n) is 5.54. The van der Waals surface area contributed by atoms with Gasteiger partial charge in [0.15, 0.2) is 0 Å². The molecule has 2 aliphatic heterocycles. The number of hydrogen-bond donors (Lipinski definition) is 0. The third-order valence-electron chi connectivity index (χ3n) is 7.84. The number of carbonyl (C=O) groups is 2. The van der Waals surface area contributed by atoms with Crippen molar-refractivity contribution in [2.45, 2.75) is 64.0 Å². The first-order valence-electron chi connectivity index (χ1n) is 11.1.